The van der Waals surface area contributed by atoms with Gasteiger partial charge in [-0.1, -0.05) is 0 Å². The molecule has 0 aromatic heterocycles. The van der Waals surface area contributed by atoms with Crippen LogP contribution in [-0.2, 0) is 14.8 Å². The molecule has 0 saturated carbocycles. The number of hydrogen-bond donors (Lipinski definition) is 3. The highest BCUT2D eigenvalue weighted by atomic mass is 127. The van der Waals surface area contributed by atoms with Gasteiger partial charge in [0.2, 0.25) is 10.0 Å². The van der Waals surface area contributed by atoms with E-state index in [4.69, 9.17) is 4.74 Å². The number of ether oxygens (including phenoxy) is 1. The number of nitrogens with zero attached hydrogens (tertiary/aromatic N) is 2. The molecule has 0 unspecified atom stereocenters. The van der Waals surface area contributed by atoms with Gasteiger partial charge >= 0.3 is 6.09 Å². The molecule has 0 spiro atoms. The quantitative estimate of drug-likeness (QED) is 0.194. The van der Waals surface area contributed by atoms with E-state index < -0.39 is 10.0 Å². The largest absolute Gasteiger partial charge is 0.450 e. The monoisotopic (exact) mass is 505 g/mol. The SMILES string of the molecule is CCNC(=NCCNS(=O)(=O)CC)NC1CCN(C(=O)OCC)CC1.I. The Morgan fingerprint density at radius 1 is 1.23 bits per heavy atom. The maximum atomic E-state index is 11.7. The molecule has 0 bridgehead atoms. The molecule has 1 heterocycles. The first-order chi connectivity index (χ1) is 11.9. The van der Waals surface area contributed by atoms with Crippen molar-refractivity contribution < 1.29 is 17.9 Å². The van der Waals surface area contributed by atoms with Gasteiger partial charge in [-0.25, -0.2) is 17.9 Å². The fourth-order valence-corrected chi connectivity index (χ4v) is 3.01. The molecule has 1 fully saturated rings. The van der Waals surface area contributed by atoms with E-state index >= 15 is 0 Å². The molecule has 1 rings (SSSR count). The summed E-state index contributed by atoms with van der Waals surface area (Å²) in [6.07, 6.45) is 1.36. The zero-order valence-corrected chi connectivity index (χ0v) is 18.9. The highest BCUT2D eigenvalue weighted by Gasteiger charge is 2.23. The molecular formula is C15H32IN5O4S. The van der Waals surface area contributed by atoms with Crippen LogP contribution in [0.5, 0.6) is 0 Å². The number of sulfonamides is 1. The van der Waals surface area contributed by atoms with E-state index in [0.29, 0.717) is 38.7 Å². The van der Waals surface area contributed by atoms with Gasteiger partial charge < -0.3 is 20.3 Å². The summed E-state index contributed by atoms with van der Waals surface area (Å²) >= 11 is 0. The van der Waals surface area contributed by atoms with Crippen LogP contribution in [0.15, 0.2) is 4.99 Å². The van der Waals surface area contributed by atoms with Gasteiger partial charge in [-0.05, 0) is 33.6 Å². The first kappa shape index (κ1) is 25.2. The summed E-state index contributed by atoms with van der Waals surface area (Å²) < 4.78 is 30.3. The summed E-state index contributed by atoms with van der Waals surface area (Å²) in [5, 5.41) is 6.50. The van der Waals surface area contributed by atoms with Gasteiger partial charge in [-0.15, -0.1) is 24.0 Å². The van der Waals surface area contributed by atoms with E-state index in [1.54, 1.807) is 18.7 Å². The summed E-state index contributed by atoms with van der Waals surface area (Å²) in [6, 6.07) is 0.218. The molecule has 11 heteroatoms. The third-order valence-electron chi connectivity index (χ3n) is 3.79. The van der Waals surface area contributed by atoms with Crippen LogP contribution in [0.3, 0.4) is 0 Å². The Morgan fingerprint density at radius 2 is 1.88 bits per heavy atom. The molecule has 0 atom stereocenters. The second-order valence-corrected chi connectivity index (χ2v) is 7.76. The molecule has 1 aliphatic rings. The van der Waals surface area contributed by atoms with Crippen molar-refractivity contribution in [2.45, 2.75) is 39.7 Å². The molecule has 0 radical (unpaired) electrons. The molecule has 154 valence electrons. The van der Waals surface area contributed by atoms with Crippen LogP contribution in [0.1, 0.15) is 33.6 Å². The van der Waals surface area contributed by atoms with Crippen molar-refractivity contribution in [3.8, 4) is 0 Å². The molecule has 9 nitrogen and oxygen atoms in total. The second kappa shape index (κ2) is 13.4. The standard InChI is InChI=1S/C15H31N5O4S.HI/c1-4-16-14(17-9-10-18-25(22,23)6-3)19-13-7-11-20(12-8-13)15(21)24-5-2;/h13,18H,4-12H2,1-3H3,(H2,16,17,19);1H. The zero-order valence-electron chi connectivity index (χ0n) is 15.8. The summed E-state index contributed by atoms with van der Waals surface area (Å²) in [4.78, 5) is 17.8. The highest BCUT2D eigenvalue weighted by molar-refractivity contribution is 14.0. The van der Waals surface area contributed by atoms with Gasteiger partial charge in [-0.2, -0.15) is 0 Å². The molecule has 1 aliphatic heterocycles. The lowest BCUT2D eigenvalue weighted by atomic mass is 10.1. The number of carbonyl (C=O) groups excluding carboxylic acids is 1. The Kier molecular flexibility index (Phi) is 12.9. The van der Waals surface area contributed by atoms with Gasteiger partial charge in [0.1, 0.15) is 0 Å². The van der Waals surface area contributed by atoms with Crippen LogP contribution in [0.4, 0.5) is 4.79 Å². The fourth-order valence-electron chi connectivity index (χ4n) is 2.41. The van der Waals surface area contributed by atoms with Crippen LogP contribution in [0.25, 0.3) is 0 Å². The highest BCUT2D eigenvalue weighted by Crippen LogP contribution is 2.11. The molecule has 1 saturated heterocycles. The van der Waals surface area contributed by atoms with Gasteiger partial charge in [0.25, 0.3) is 0 Å². The molecule has 1 amide bonds. The molecule has 0 aromatic carbocycles. The smallest absolute Gasteiger partial charge is 0.409 e. The number of amides is 1. The molecular weight excluding hydrogens is 473 g/mol. The van der Waals surface area contributed by atoms with Crippen LogP contribution in [0, 0.1) is 0 Å². The number of carbonyl (C=O) groups is 1. The van der Waals surface area contributed by atoms with Gasteiger partial charge in [0.05, 0.1) is 18.9 Å². The average Bonchev–Trinajstić information content (AvgIpc) is 2.59. The molecule has 0 aliphatic carbocycles. The number of hydrogen-bond acceptors (Lipinski definition) is 5. The van der Waals surface area contributed by atoms with E-state index in [-0.39, 0.29) is 48.4 Å². The summed E-state index contributed by atoms with van der Waals surface area (Å²) in [7, 11) is -3.19. The number of guanidine groups is 1. The Labute approximate surface area is 173 Å². The van der Waals surface area contributed by atoms with Crippen molar-refractivity contribution in [3.63, 3.8) is 0 Å². The molecule has 0 aromatic rings. The maximum Gasteiger partial charge on any atom is 0.409 e. The number of rotatable bonds is 8. The minimum absolute atomic E-state index is 0. The van der Waals surface area contributed by atoms with Crippen LogP contribution < -0.4 is 15.4 Å². The Morgan fingerprint density at radius 3 is 2.42 bits per heavy atom. The first-order valence-electron chi connectivity index (χ1n) is 8.85. The molecule has 26 heavy (non-hydrogen) atoms. The minimum atomic E-state index is -3.19. The Balaban J connectivity index is 0.00000625. The van der Waals surface area contributed by atoms with E-state index in [0.717, 1.165) is 12.8 Å². The van der Waals surface area contributed by atoms with Gasteiger partial charge in [0.15, 0.2) is 5.96 Å². The summed E-state index contributed by atoms with van der Waals surface area (Å²) in [5.74, 6) is 0.724. The maximum absolute atomic E-state index is 11.7. The average molecular weight is 505 g/mol. The lowest BCUT2D eigenvalue weighted by molar-refractivity contribution is 0.0963. The number of piperidine rings is 1. The Bertz CT molecular complexity index is 536. The number of likely N-dealkylation sites (tertiary alicyclic amines) is 1. The predicted octanol–water partition coefficient (Wildman–Crippen LogP) is 0.720. The van der Waals surface area contributed by atoms with E-state index in [9.17, 15) is 13.2 Å². The zero-order chi connectivity index (χ0) is 18.7. The first-order valence-corrected chi connectivity index (χ1v) is 10.5. The van der Waals surface area contributed by atoms with Crippen LogP contribution >= 0.6 is 24.0 Å². The summed E-state index contributed by atoms with van der Waals surface area (Å²) in [5.41, 5.74) is 0. The van der Waals surface area contributed by atoms with Gasteiger partial charge in [0, 0.05) is 32.2 Å². The number of aliphatic imine (C=N–C) groups is 1. The van der Waals surface area contributed by atoms with Crippen molar-refractivity contribution in [1.29, 1.82) is 0 Å². The van der Waals surface area contributed by atoms with Crippen molar-refractivity contribution in [3.05, 3.63) is 0 Å². The summed E-state index contributed by atoms with van der Waals surface area (Å²) in [6.45, 7) is 8.39. The van der Waals surface area contributed by atoms with Crippen LogP contribution in [0.2, 0.25) is 0 Å². The van der Waals surface area contributed by atoms with Crippen molar-refractivity contribution in [1.82, 2.24) is 20.3 Å². The topological polar surface area (TPSA) is 112 Å². The number of nitrogens with one attached hydrogen (secondary N) is 3. The van der Waals surface area contributed by atoms with Gasteiger partial charge in [-0.3, -0.25) is 4.99 Å². The normalized spacial score (nSPS) is 16.0. The molecule has 3 N–H and O–H groups in total. The Hall–Kier alpha value is -0.820. The predicted molar refractivity (Wildman–Crippen MR) is 114 cm³/mol. The van der Waals surface area contributed by atoms with E-state index in [1.165, 1.54) is 0 Å². The lowest BCUT2D eigenvalue weighted by Gasteiger charge is -2.32. The lowest BCUT2D eigenvalue weighted by Crippen LogP contribution is -2.50. The van der Waals surface area contributed by atoms with Crippen molar-refractivity contribution >= 4 is 46.1 Å². The minimum Gasteiger partial charge on any atom is -0.450 e. The second-order valence-electron chi connectivity index (χ2n) is 5.66. The third-order valence-corrected chi connectivity index (χ3v) is 5.19. The fraction of sp³-hybridized carbons (Fsp3) is 0.867. The van der Waals surface area contributed by atoms with Crippen LogP contribution in [-0.4, -0.2) is 76.5 Å². The van der Waals surface area contributed by atoms with E-state index in [2.05, 4.69) is 20.3 Å². The third kappa shape index (κ3) is 9.76. The van der Waals surface area contributed by atoms with E-state index in [1.807, 2.05) is 6.92 Å². The number of halogens is 1. The van der Waals surface area contributed by atoms with Crippen molar-refractivity contribution in [2.75, 3.05) is 45.1 Å². The van der Waals surface area contributed by atoms with Crippen molar-refractivity contribution in [2.24, 2.45) is 4.99 Å².